The normalized spacial score (nSPS) is 23.3. The van der Waals surface area contributed by atoms with Crippen LogP contribution in [0.2, 0.25) is 0 Å². The fraction of sp³-hybridized carbons (Fsp3) is 0.750. The number of amides is 1. The maximum absolute atomic E-state index is 11.7. The average molecular weight is 250 g/mol. The summed E-state index contributed by atoms with van der Waals surface area (Å²) >= 11 is 0. The van der Waals surface area contributed by atoms with Crippen molar-refractivity contribution in [2.75, 3.05) is 13.1 Å². The summed E-state index contributed by atoms with van der Waals surface area (Å²) in [6, 6.07) is 0.255. The molecule has 98 valence electrons. The maximum Gasteiger partial charge on any atom is 0.229 e. The smallest absolute Gasteiger partial charge is 0.229 e. The summed E-state index contributed by atoms with van der Waals surface area (Å²) in [7, 11) is 0. The van der Waals surface area contributed by atoms with Gasteiger partial charge in [-0.2, -0.15) is 4.98 Å². The summed E-state index contributed by atoms with van der Waals surface area (Å²) in [5.74, 6) is 1.89. The number of aromatic nitrogens is 2. The zero-order chi connectivity index (χ0) is 12.5. The summed E-state index contributed by atoms with van der Waals surface area (Å²) in [5, 5.41) is 7.24. The molecule has 1 saturated heterocycles. The van der Waals surface area contributed by atoms with Gasteiger partial charge in [0.25, 0.3) is 0 Å². The molecule has 1 aromatic heterocycles. The van der Waals surface area contributed by atoms with Crippen LogP contribution in [0.1, 0.15) is 43.8 Å². The number of carbonyl (C=O) groups excluding carboxylic acids is 1. The minimum atomic E-state index is 0.0708. The Morgan fingerprint density at radius 2 is 2.33 bits per heavy atom. The molecule has 1 aromatic rings. The zero-order valence-corrected chi connectivity index (χ0v) is 10.6. The average Bonchev–Trinajstić information content (AvgIpc) is 2.89. The van der Waals surface area contributed by atoms with Crippen LogP contribution >= 0.6 is 0 Å². The van der Waals surface area contributed by atoms with E-state index in [1.54, 1.807) is 6.92 Å². The Morgan fingerprint density at radius 1 is 1.50 bits per heavy atom. The molecule has 1 aliphatic carbocycles. The summed E-state index contributed by atoms with van der Waals surface area (Å²) in [6.45, 7) is 3.87. The van der Waals surface area contributed by atoms with Crippen LogP contribution in [0.15, 0.2) is 4.52 Å². The van der Waals surface area contributed by atoms with Gasteiger partial charge in [0.1, 0.15) is 0 Å². The molecular weight excluding hydrogens is 232 g/mol. The van der Waals surface area contributed by atoms with Crippen LogP contribution in [0.25, 0.3) is 0 Å². The lowest BCUT2D eigenvalue weighted by molar-refractivity contribution is -0.131. The van der Waals surface area contributed by atoms with Crippen LogP contribution < -0.4 is 5.32 Å². The monoisotopic (exact) mass is 250 g/mol. The van der Waals surface area contributed by atoms with Gasteiger partial charge in [-0.3, -0.25) is 4.79 Å². The molecule has 1 aliphatic heterocycles. The van der Waals surface area contributed by atoms with E-state index < -0.39 is 0 Å². The van der Waals surface area contributed by atoms with E-state index in [4.69, 9.17) is 4.52 Å². The van der Waals surface area contributed by atoms with Crippen LogP contribution in [0.5, 0.6) is 0 Å². The molecule has 1 N–H and O–H groups in total. The molecular formula is C12H18N4O2. The quantitative estimate of drug-likeness (QED) is 0.850. The molecule has 0 spiro atoms. The van der Waals surface area contributed by atoms with Crippen molar-refractivity contribution in [3.05, 3.63) is 11.7 Å². The Labute approximate surface area is 106 Å². The van der Waals surface area contributed by atoms with Gasteiger partial charge in [-0.1, -0.05) is 5.16 Å². The minimum Gasteiger partial charge on any atom is -0.339 e. The third-order valence-corrected chi connectivity index (χ3v) is 3.60. The van der Waals surface area contributed by atoms with Crippen molar-refractivity contribution in [3.8, 4) is 0 Å². The van der Waals surface area contributed by atoms with E-state index in [-0.39, 0.29) is 11.9 Å². The van der Waals surface area contributed by atoms with Crippen LogP contribution in [0.4, 0.5) is 0 Å². The van der Waals surface area contributed by atoms with E-state index >= 15 is 0 Å². The van der Waals surface area contributed by atoms with E-state index in [0.717, 1.165) is 38.2 Å². The summed E-state index contributed by atoms with van der Waals surface area (Å²) in [5.41, 5.74) is 0. The second kappa shape index (κ2) is 4.68. The predicted molar refractivity (Wildman–Crippen MR) is 63.8 cm³/mol. The Balaban J connectivity index is 1.68. The SMILES string of the molecule is CC(=O)N(Cc1noc(C2CC2)n1)[C@@H]1CCNC1. The van der Waals surface area contributed by atoms with E-state index in [2.05, 4.69) is 15.5 Å². The first-order valence-electron chi connectivity index (χ1n) is 6.54. The van der Waals surface area contributed by atoms with E-state index in [9.17, 15) is 4.79 Å². The highest BCUT2D eigenvalue weighted by Crippen LogP contribution is 2.38. The van der Waals surface area contributed by atoms with Gasteiger partial charge in [0, 0.05) is 25.4 Å². The molecule has 2 fully saturated rings. The third kappa shape index (κ3) is 2.38. The van der Waals surface area contributed by atoms with Crippen molar-refractivity contribution in [1.82, 2.24) is 20.4 Å². The molecule has 6 nitrogen and oxygen atoms in total. The molecule has 2 heterocycles. The van der Waals surface area contributed by atoms with Gasteiger partial charge >= 0.3 is 0 Å². The largest absolute Gasteiger partial charge is 0.339 e. The third-order valence-electron chi connectivity index (χ3n) is 3.60. The van der Waals surface area contributed by atoms with Crippen LogP contribution in [-0.4, -0.2) is 40.1 Å². The molecule has 2 aliphatic rings. The first-order chi connectivity index (χ1) is 8.74. The molecule has 0 bridgehead atoms. The molecule has 0 radical (unpaired) electrons. The minimum absolute atomic E-state index is 0.0708. The van der Waals surface area contributed by atoms with Crippen LogP contribution in [0, 0.1) is 0 Å². The van der Waals surface area contributed by atoms with E-state index in [1.165, 1.54) is 0 Å². The highest BCUT2D eigenvalue weighted by atomic mass is 16.5. The van der Waals surface area contributed by atoms with Gasteiger partial charge in [0.05, 0.1) is 6.54 Å². The molecule has 0 unspecified atom stereocenters. The lowest BCUT2D eigenvalue weighted by atomic mass is 10.2. The molecule has 0 aromatic carbocycles. The lowest BCUT2D eigenvalue weighted by Crippen LogP contribution is -2.39. The van der Waals surface area contributed by atoms with Crippen LogP contribution in [0.3, 0.4) is 0 Å². The Kier molecular flexibility index (Phi) is 3.03. The van der Waals surface area contributed by atoms with E-state index in [0.29, 0.717) is 18.3 Å². The van der Waals surface area contributed by atoms with Crippen molar-refractivity contribution in [2.24, 2.45) is 0 Å². The number of hydrogen-bond donors (Lipinski definition) is 1. The standard InChI is InChI=1S/C12H18N4O2/c1-8(17)16(10-4-5-13-6-10)7-11-14-12(18-15-11)9-2-3-9/h9-10,13H,2-7H2,1H3/t10-/m1/s1. The Bertz CT molecular complexity index is 435. The Morgan fingerprint density at radius 3 is 2.94 bits per heavy atom. The van der Waals surface area contributed by atoms with E-state index in [1.807, 2.05) is 4.90 Å². The number of nitrogens with zero attached hydrogens (tertiary/aromatic N) is 3. The molecule has 3 rings (SSSR count). The number of carbonyl (C=O) groups is 1. The van der Waals surface area contributed by atoms with Gasteiger partial charge in [0.15, 0.2) is 5.82 Å². The predicted octanol–water partition coefficient (Wildman–Crippen LogP) is 0.657. The summed E-state index contributed by atoms with van der Waals surface area (Å²) < 4.78 is 5.22. The summed E-state index contributed by atoms with van der Waals surface area (Å²) in [4.78, 5) is 17.9. The van der Waals surface area contributed by atoms with Gasteiger partial charge < -0.3 is 14.7 Å². The van der Waals surface area contributed by atoms with Crippen molar-refractivity contribution >= 4 is 5.91 Å². The van der Waals surface area contributed by atoms with Crippen molar-refractivity contribution in [2.45, 2.75) is 44.7 Å². The van der Waals surface area contributed by atoms with Gasteiger partial charge in [-0.15, -0.1) is 0 Å². The molecule has 1 atom stereocenters. The number of hydrogen-bond acceptors (Lipinski definition) is 5. The van der Waals surface area contributed by atoms with Crippen LogP contribution in [-0.2, 0) is 11.3 Å². The molecule has 18 heavy (non-hydrogen) atoms. The highest BCUT2D eigenvalue weighted by molar-refractivity contribution is 5.73. The van der Waals surface area contributed by atoms with Crippen molar-refractivity contribution < 1.29 is 9.32 Å². The van der Waals surface area contributed by atoms with Gasteiger partial charge in [0.2, 0.25) is 11.8 Å². The van der Waals surface area contributed by atoms with Gasteiger partial charge in [-0.05, 0) is 25.8 Å². The Hall–Kier alpha value is -1.43. The van der Waals surface area contributed by atoms with Crippen molar-refractivity contribution in [1.29, 1.82) is 0 Å². The molecule has 6 heteroatoms. The topological polar surface area (TPSA) is 71.3 Å². The first kappa shape index (κ1) is 11.6. The fourth-order valence-electron chi connectivity index (χ4n) is 2.38. The molecule has 1 amide bonds. The van der Waals surface area contributed by atoms with Crippen molar-refractivity contribution in [3.63, 3.8) is 0 Å². The highest BCUT2D eigenvalue weighted by Gasteiger charge is 2.31. The maximum atomic E-state index is 11.7. The van der Waals surface area contributed by atoms with Gasteiger partial charge in [-0.25, -0.2) is 0 Å². The summed E-state index contributed by atoms with van der Waals surface area (Å²) in [6.07, 6.45) is 3.28. The zero-order valence-electron chi connectivity index (χ0n) is 10.6. The second-order valence-corrected chi connectivity index (χ2v) is 5.12. The molecule has 1 saturated carbocycles. The second-order valence-electron chi connectivity index (χ2n) is 5.12. The first-order valence-corrected chi connectivity index (χ1v) is 6.54. The number of rotatable bonds is 4. The fourth-order valence-corrected chi connectivity index (χ4v) is 2.38. The lowest BCUT2D eigenvalue weighted by Gasteiger charge is -2.25. The number of nitrogens with one attached hydrogen (secondary N) is 1.